The second kappa shape index (κ2) is 10.7. The van der Waals surface area contributed by atoms with E-state index in [2.05, 4.69) is 24.7 Å². The molecule has 0 bridgehead atoms. The van der Waals surface area contributed by atoms with E-state index in [0.717, 1.165) is 40.9 Å². The van der Waals surface area contributed by atoms with E-state index in [1.54, 1.807) is 13.2 Å². The van der Waals surface area contributed by atoms with Crippen LogP contribution in [0.2, 0.25) is 5.02 Å². The Bertz CT molecular complexity index is 1490. The lowest BCUT2D eigenvalue weighted by Crippen LogP contribution is -2.29. The average molecular weight is 539 g/mol. The fourth-order valence-electron chi connectivity index (χ4n) is 4.90. The number of pyridine rings is 1. The molecule has 0 unspecified atom stereocenters. The molecule has 0 saturated heterocycles. The molecule has 1 aliphatic heterocycles. The molecule has 2 aromatic carbocycles. The summed E-state index contributed by atoms with van der Waals surface area (Å²) in [6, 6.07) is 11.1. The summed E-state index contributed by atoms with van der Waals surface area (Å²) in [4.78, 5) is 8.51. The summed E-state index contributed by atoms with van der Waals surface area (Å²) >= 11 is 6.30. The second-order valence-electron chi connectivity index (χ2n) is 9.70. The van der Waals surface area contributed by atoms with Gasteiger partial charge in [0.15, 0.2) is 0 Å². The van der Waals surface area contributed by atoms with Crippen LogP contribution in [0.4, 0.5) is 27.3 Å². The molecule has 4 aromatic rings. The molecule has 0 fully saturated rings. The number of halogens is 2. The Morgan fingerprint density at radius 1 is 1.18 bits per heavy atom. The Balaban J connectivity index is 1.53. The van der Waals surface area contributed by atoms with Gasteiger partial charge in [-0.2, -0.15) is 0 Å². The minimum absolute atomic E-state index is 0.388. The van der Waals surface area contributed by atoms with E-state index < -0.39 is 5.82 Å². The number of likely N-dealkylation sites (N-methyl/N-ethyl adjacent to an activating group) is 2. The third-order valence-corrected chi connectivity index (χ3v) is 7.10. The predicted molar refractivity (Wildman–Crippen MR) is 152 cm³/mol. The van der Waals surface area contributed by atoms with Crippen LogP contribution >= 0.6 is 11.6 Å². The third-order valence-electron chi connectivity index (χ3n) is 6.86. The van der Waals surface area contributed by atoms with E-state index in [9.17, 15) is 0 Å². The van der Waals surface area contributed by atoms with Crippen LogP contribution < -0.4 is 20.7 Å². The lowest BCUT2D eigenvalue weighted by Gasteiger charge is -2.24. The molecule has 0 spiro atoms. The molecule has 8 nitrogen and oxygen atoms in total. The highest BCUT2D eigenvalue weighted by atomic mass is 35.5. The maximum absolute atomic E-state index is 15.3. The monoisotopic (exact) mass is 538 g/mol. The molecule has 0 aliphatic carbocycles. The van der Waals surface area contributed by atoms with E-state index in [-0.39, 0.29) is 0 Å². The molecular weight excluding hydrogens is 507 g/mol. The molecule has 0 amide bonds. The standard InChI is InChI=1S/C28H32ClFN6O2/c1-34(2)7-8-35(3)24-14-26(37-4)22(13-21(24)31)33-27-12-19(20(30)15-32-27)28-18-6-5-17(29)11-23(18)36-9-10-38-16-25(28)36/h5-6,11-15H,7-10,16,31H2,1-4H3,(H,32,33). The van der Waals surface area contributed by atoms with Gasteiger partial charge in [0.25, 0.3) is 0 Å². The van der Waals surface area contributed by atoms with Crippen molar-refractivity contribution in [3.63, 3.8) is 0 Å². The molecule has 0 radical (unpaired) electrons. The van der Waals surface area contributed by atoms with Crippen molar-refractivity contribution in [3.8, 4) is 16.9 Å². The van der Waals surface area contributed by atoms with Crippen molar-refractivity contribution >= 4 is 45.4 Å². The van der Waals surface area contributed by atoms with Crippen LogP contribution in [0.3, 0.4) is 0 Å². The van der Waals surface area contributed by atoms with Crippen LogP contribution in [-0.4, -0.2) is 62.4 Å². The maximum atomic E-state index is 15.3. The first-order chi connectivity index (χ1) is 18.3. The molecule has 38 heavy (non-hydrogen) atoms. The van der Waals surface area contributed by atoms with Crippen LogP contribution in [0.15, 0.2) is 42.6 Å². The van der Waals surface area contributed by atoms with Crippen molar-refractivity contribution in [2.45, 2.75) is 13.2 Å². The molecular formula is C28H32ClFN6O2. The van der Waals surface area contributed by atoms with Crippen LogP contribution in [0, 0.1) is 5.82 Å². The molecule has 5 rings (SSSR count). The third kappa shape index (κ3) is 4.97. The predicted octanol–water partition coefficient (Wildman–Crippen LogP) is 5.36. The lowest BCUT2D eigenvalue weighted by atomic mass is 10.0. The number of nitrogens with zero attached hydrogens (tertiary/aromatic N) is 4. The zero-order valence-corrected chi connectivity index (χ0v) is 22.8. The van der Waals surface area contributed by atoms with E-state index in [4.69, 9.17) is 26.8 Å². The molecule has 1 aliphatic rings. The van der Waals surface area contributed by atoms with Crippen molar-refractivity contribution in [1.82, 2.24) is 14.5 Å². The smallest absolute Gasteiger partial charge is 0.149 e. The van der Waals surface area contributed by atoms with Crippen LogP contribution in [0.25, 0.3) is 22.0 Å². The number of nitrogens with two attached hydrogens (primary N) is 1. The number of benzene rings is 2. The molecule has 3 heterocycles. The average Bonchev–Trinajstić information content (AvgIpc) is 3.22. The number of methoxy groups -OCH3 is 1. The molecule has 10 heteroatoms. The Morgan fingerprint density at radius 3 is 2.76 bits per heavy atom. The van der Waals surface area contributed by atoms with Crippen molar-refractivity contribution in [3.05, 3.63) is 59.1 Å². The first-order valence-corrected chi connectivity index (χ1v) is 12.8. The van der Waals surface area contributed by atoms with E-state index in [0.29, 0.717) is 53.3 Å². The number of rotatable bonds is 8. The van der Waals surface area contributed by atoms with Gasteiger partial charge in [0, 0.05) is 54.3 Å². The van der Waals surface area contributed by atoms with Gasteiger partial charge in [-0.1, -0.05) is 17.7 Å². The maximum Gasteiger partial charge on any atom is 0.149 e. The fraction of sp³-hybridized carbons (Fsp3) is 0.321. The molecule has 0 atom stereocenters. The van der Waals surface area contributed by atoms with E-state index in [1.165, 1.54) is 6.20 Å². The number of nitrogen functional groups attached to an aromatic ring is 1. The van der Waals surface area contributed by atoms with Crippen LogP contribution in [0.5, 0.6) is 5.75 Å². The highest BCUT2D eigenvalue weighted by Crippen LogP contribution is 2.41. The number of fused-ring (bicyclic) bond motifs is 3. The molecule has 3 N–H and O–H groups in total. The molecule has 200 valence electrons. The SMILES string of the molecule is COc1cc(N(C)CCN(C)C)c(N)cc1Nc1cc(-c2c3n(c4cc(Cl)ccc24)CCOC3)c(F)cn1. The highest BCUT2D eigenvalue weighted by molar-refractivity contribution is 6.31. The summed E-state index contributed by atoms with van der Waals surface area (Å²) in [5, 5.41) is 4.83. The number of hydrogen-bond donors (Lipinski definition) is 2. The second-order valence-corrected chi connectivity index (χ2v) is 10.1. The first-order valence-electron chi connectivity index (χ1n) is 12.4. The van der Waals surface area contributed by atoms with Gasteiger partial charge in [-0.3, -0.25) is 0 Å². The molecule has 0 saturated carbocycles. The zero-order chi connectivity index (χ0) is 27.0. The topological polar surface area (TPSA) is 80.8 Å². The fourth-order valence-corrected chi connectivity index (χ4v) is 5.06. The summed E-state index contributed by atoms with van der Waals surface area (Å²) in [5.41, 5.74) is 11.6. The van der Waals surface area contributed by atoms with Crippen LogP contribution in [-0.2, 0) is 17.9 Å². The Kier molecular flexibility index (Phi) is 7.34. The van der Waals surface area contributed by atoms with Gasteiger partial charge in [0.1, 0.15) is 17.4 Å². The quantitative estimate of drug-likeness (QED) is 0.292. The number of hydrogen-bond acceptors (Lipinski definition) is 7. The number of anilines is 4. The summed E-state index contributed by atoms with van der Waals surface area (Å²) in [6.45, 7) is 3.35. The Labute approximate surface area is 226 Å². The van der Waals surface area contributed by atoms with Crippen molar-refractivity contribution < 1.29 is 13.9 Å². The lowest BCUT2D eigenvalue weighted by molar-refractivity contribution is 0.0869. The highest BCUT2D eigenvalue weighted by Gasteiger charge is 2.24. The Hall–Kier alpha value is -3.53. The van der Waals surface area contributed by atoms with E-state index in [1.807, 2.05) is 51.5 Å². The van der Waals surface area contributed by atoms with Crippen LogP contribution in [0.1, 0.15) is 5.69 Å². The minimum Gasteiger partial charge on any atom is -0.494 e. The van der Waals surface area contributed by atoms with Gasteiger partial charge in [-0.05, 0) is 38.4 Å². The number of aromatic nitrogens is 2. The largest absolute Gasteiger partial charge is 0.494 e. The Morgan fingerprint density at radius 2 is 2.00 bits per heavy atom. The van der Waals surface area contributed by atoms with E-state index >= 15 is 4.39 Å². The zero-order valence-electron chi connectivity index (χ0n) is 22.0. The van der Waals surface area contributed by atoms with Crippen molar-refractivity contribution in [1.29, 1.82) is 0 Å². The number of ether oxygens (including phenoxy) is 2. The first kappa shape index (κ1) is 26.1. The van der Waals surface area contributed by atoms with Crippen molar-refractivity contribution in [2.24, 2.45) is 0 Å². The summed E-state index contributed by atoms with van der Waals surface area (Å²) in [7, 11) is 7.66. The molecule has 2 aromatic heterocycles. The minimum atomic E-state index is -0.421. The summed E-state index contributed by atoms with van der Waals surface area (Å²) < 4.78 is 28.9. The van der Waals surface area contributed by atoms with Gasteiger partial charge in [0.2, 0.25) is 0 Å². The van der Waals surface area contributed by atoms with Crippen molar-refractivity contribution in [2.75, 3.05) is 63.9 Å². The van der Waals surface area contributed by atoms with Gasteiger partial charge in [0.05, 0.1) is 54.8 Å². The van der Waals surface area contributed by atoms with Gasteiger partial charge >= 0.3 is 0 Å². The van der Waals surface area contributed by atoms with Gasteiger partial charge in [-0.15, -0.1) is 0 Å². The summed E-state index contributed by atoms with van der Waals surface area (Å²) in [5.74, 6) is 0.649. The number of nitrogens with one attached hydrogen (secondary N) is 1. The van der Waals surface area contributed by atoms with Gasteiger partial charge in [-0.25, -0.2) is 9.37 Å². The normalized spacial score (nSPS) is 13.1. The van der Waals surface area contributed by atoms with Gasteiger partial charge < -0.3 is 34.9 Å². The summed E-state index contributed by atoms with van der Waals surface area (Å²) in [6.07, 6.45) is 1.23.